The van der Waals surface area contributed by atoms with Gasteiger partial charge in [0, 0.05) is 21.7 Å². The average Bonchev–Trinajstić information content (AvgIpc) is 3.56. The number of phenolic OH excluding ortho intramolecular Hbond substituents is 4. The minimum absolute atomic E-state index is 0.00760. The van der Waals surface area contributed by atoms with Gasteiger partial charge in [0.15, 0.2) is 34.2 Å². The number of furan rings is 1. The van der Waals surface area contributed by atoms with E-state index >= 15 is 0 Å². The topological polar surface area (TPSA) is 211 Å². The summed E-state index contributed by atoms with van der Waals surface area (Å²) >= 11 is 0. The van der Waals surface area contributed by atoms with E-state index in [0.717, 1.165) is 0 Å². The quantitative estimate of drug-likeness (QED) is 0.0616. The lowest BCUT2D eigenvalue weighted by Gasteiger charge is -2.17. The van der Waals surface area contributed by atoms with Crippen LogP contribution in [0.15, 0.2) is 33.7 Å². The zero-order chi connectivity index (χ0) is 30.4. The minimum atomic E-state index is -1.29. The first kappa shape index (κ1) is 27.6. The van der Waals surface area contributed by atoms with Crippen molar-refractivity contribution in [2.75, 3.05) is 0 Å². The summed E-state index contributed by atoms with van der Waals surface area (Å²) in [5.74, 6) is -7.15. The average molecular weight is 542 g/mol. The highest BCUT2D eigenvalue weighted by Gasteiger charge is 2.28. The third-order valence-corrected chi connectivity index (χ3v) is 6.99. The van der Waals surface area contributed by atoms with Crippen LogP contribution in [0, 0.1) is 0 Å². The molecule has 0 bridgehead atoms. The number of benzene rings is 3. The van der Waals surface area contributed by atoms with Crippen LogP contribution in [0.5, 0.6) is 23.0 Å². The summed E-state index contributed by atoms with van der Waals surface area (Å²) in [6.07, 6.45) is 0.0652. The summed E-state index contributed by atoms with van der Waals surface area (Å²) in [6, 6.07) is 0. The fourth-order valence-electron chi connectivity index (χ4n) is 4.91. The first-order chi connectivity index (χ1) is 19.2. The lowest BCUT2D eigenvalue weighted by Crippen LogP contribution is -2.26. The predicted molar refractivity (Wildman–Crippen MR) is 158 cm³/mol. The number of allylic oxidation sites excluding steroid dienone is 1. The van der Waals surface area contributed by atoms with Crippen molar-refractivity contribution < 1.29 is 50.4 Å². The van der Waals surface area contributed by atoms with Crippen molar-refractivity contribution in [3.8, 4) is 23.0 Å². The van der Waals surface area contributed by atoms with Crippen LogP contribution >= 0.6 is 0 Å². The summed E-state index contributed by atoms with van der Waals surface area (Å²) in [7, 11) is 30.6. The van der Waals surface area contributed by atoms with Crippen LogP contribution < -0.4 is 27.3 Å². The Bertz CT molecular complexity index is 2110. The van der Waals surface area contributed by atoms with Crippen LogP contribution in [0.25, 0.3) is 49.3 Å². The van der Waals surface area contributed by atoms with Crippen molar-refractivity contribution in [3.05, 3.63) is 34.9 Å². The van der Waals surface area contributed by atoms with Gasteiger partial charge in [-0.1, -0.05) is 21.9 Å². The number of aromatic hydroxyl groups is 4. The van der Waals surface area contributed by atoms with Crippen molar-refractivity contribution in [1.82, 2.24) is 4.98 Å². The molecular formula is C25H14B5NO10. The Morgan fingerprint density at radius 2 is 1.15 bits per heavy atom. The molecule has 10 N–H and O–H groups in total. The SMILES string of the molecule is [B]c1c(/C(C)=C(O)/C(O)=C(O)\C(O)=C\O)c([B])c2c([nH]c3c(O)c4oc5c(O)c([B])c([B])c(O)c5c4c([B])c32)c1O. The number of aromatic nitrogens is 1. The normalized spacial score (nSPS) is 13.8. The lowest BCUT2D eigenvalue weighted by atomic mass is 9.73. The van der Waals surface area contributed by atoms with Gasteiger partial charge in [0.2, 0.25) is 11.5 Å². The van der Waals surface area contributed by atoms with Gasteiger partial charge in [-0.3, -0.25) is 0 Å². The van der Waals surface area contributed by atoms with E-state index in [1.54, 1.807) is 0 Å². The summed E-state index contributed by atoms with van der Waals surface area (Å²) in [5.41, 5.74) is -2.92. The Morgan fingerprint density at radius 1 is 0.610 bits per heavy atom. The molecule has 0 atom stereocenters. The largest absolute Gasteiger partial charge is 0.512 e. The van der Waals surface area contributed by atoms with Crippen LogP contribution in [0.4, 0.5) is 0 Å². The molecule has 0 amide bonds. The van der Waals surface area contributed by atoms with Gasteiger partial charge in [0.1, 0.15) is 57.0 Å². The molecule has 41 heavy (non-hydrogen) atoms. The van der Waals surface area contributed by atoms with E-state index < -0.39 is 51.5 Å². The predicted octanol–water partition coefficient (Wildman–Crippen LogP) is -0.414. The van der Waals surface area contributed by atoms with E-state index in [4.69, 9.17) is 48.8 Å². The van der Waals surface area contributed by atoms with Gasteiger partial charge >= 0.3 is 0 Å². The van der Waals surface area contributed by atoms with Crippen molar-refractivity contribution in [2.24, 2.45) is 0 Å². The molecule has 16 heteroatoms. The monoisotopic (exact) mass is 543 g/mol. The number of H-pyrrole nitrogens is 1. The molecule has 11 nitrogen and oxygen atoms in total. The van der Waals surface area contributed by atoms with Crippen LogP contribution in [0.2, 0.25) is 0 Å². The maximum atomic E-state index is 11.2. The van der Waals surface area contributed by atoms with Gasteiger partial charge in [-0.2, -0.15) is 0 Å². The van der Waals surface area contributed by atoms with Crippen molar-refractivity contribution in [3.63, 3.8) is 0 Å². The first-order valence-corrected chi connectivity index (χ1v) is 11.4. The van der Waals surface area contributed by atoms with Crippen molar-refractivity contribution in [1.29, 1.82) is 0 Å². The highest BCUT2D eigenvalue weighted by Crippen LogP contribution is 2.44. The molecule has 0 aliphatic carbocycles. The summed E-state index contributed by atoms with van der Waals surface area (Å²) in [5, 5.41) is 92.1. The molecule has 0 aliphatic rings. The second-order valence-corrected chi connectivity index (χ2v) is 9.16. The molecule has 0 saturated heterocycles. The molecule has 5 aromatic rings. The summed E-state index contributed by atoms with van der Waals surface area (Å²) < 4.78 is 5.62. The fraction of sp³-hybridized carbons (Fsp3) is 0.0400. The number of nitrogens with one attached hydrogen (secondary N) is 1. The zero-order valence-corrected chi connectivity index (χ0v) is 20.9. The maximum absolute atomic E-state index is 11.2. The Kier molecular flexibility index (Phi) is 6.06. The molecule has 3 aromatic carbocycles. The fourth-order valence-corrected chi connectivity index (χ4v) is 4.91. The molecule has 0 aliphatic heterocycles. The van der Waals surface area contributed by atoms with Gasteiger partial charge in [0.05, 0.1) is 16.4 Å². The Hall–Kier alpha value is -5.00. The molecule has 10 radical (unpaired) electrons. The molecule has 0 spiro atoms. The second kappa shape index (κ2) is 9.02. The lowest BCUT2D eigenvalue weighted by molar-refractivity contribution is 0.254. The summed E-state index contributed by atoms with van der Waals surface area (Å²) in [4.78, 5) is 2.76. The van der Waals surface area contributed by atoms with Crippen LogP contribution in [0.1, 0.15) is 12.5 Å². The Labute approximate surface area is 236 Å². The molecule has 0 saturated carbocycles. The third kappa shape index (κ3) is 3.46. The molecule has 194 valence electrons. The highest BCUT2D eigenvalue weighted by molar-refractivity contribution is 6.57. The van der Waals surface area contributed by atoms with E-state index in [1.807, 2.05) is 0 Å². The molecular weight excluding hydrogens is 528 g/mol. The van der Waals surface area contributed by atoms with Gasteiger partial charge in [-0.05, 0) is 17.9 Å². The number of fused-ring (bicyclic) bond motifs is 6. The standard InChI is InChI=1S/C25H14B5NO10/c1-3(17(34)23(40)18(35)4(33)2-32)5-10(26)6-7-11(27)8-9-19(36)13(29)14(30)21(38)25(9)41-24(8)22(39)16(7)31-15(6)20(37)12(5)28/h2,31-40H,1H3/b4-2-,17-3-,23-18-. The number of hydrogen-bond donors (Lipinski definition) is 10. The van der Waals surface area contributed by atoms with E-state index in [1.165, 1.54) is 6.92 Å². The molecule has 0 fully saturated rings. The van der Waals surface area contributed by atoms with Crippen LogP contribution in [-0.2, 0) is 0 Å². The van der Waals surface area contributed by atoms with Crippen molar-refractivity contribution in [2.45, 2.75) is 6.92 Å². The Morgan fingerprint density at radius 3 is 1.76 bits per heavy atom. The van der Waals surface area contributed by atoms with E-state index in [9.17, 15) is 40.9 Å². The number of aliphatic hydroxyl groups is 5. The van der Waals surface area contributed by atoms with Gasteiger partial charge < -0.3 is 55.4 Å². The van der Waals surface area contributed by atoms with E-state index in [-0.39, 0.29) is 83.0 Å². The highest BCUT2D eigenvalue weighted by atomic mass is 16.4. The molecule has 2 heterocycles. The third-order valence-electron chi connectivity index (χ3n) is 6.99. The van der Waals surface area contributed by atoms with Gasteiger partial charge in [-0.15, -0.1) is 0 Å². The number of aliphatic hydroxyl groups excluding tert-OH is 5. The number of aromatic amines is 1. The number of phenols is 4. The number of rotatable bonds is 3. The van der Waals surface area contributed by atoms with E-state index in [2.05, 4.69) is 4.98 Å². The Balaban J connectivity index is 1.98. The van der Waals surface area contributed by atoms with Gasteiger partial charge in [0.25, 0.3) is 0 Å². The maximum Gasteiger partial charge on any atom is 0.207 e. The minimum Gasteiger partial charge on any atom is -0.512 e. The van der Waals surface area contributed by atoms with Gasteiger partial charge in [-0.25, -0.2) is 0 Å². The molecule has 0 unspecified atom stereocenters. The molecule has 5 rings (SSSR count). The molecule has 2 aromatic heterocycles. The first-order valence-electron chi connectivity index (χ1n) is 11.4. The van der Waals surface area contributed by atoms with E-state index in [0.29, 0.717) is 0 Å². The smallest absolute Gasteiger partial charge is 0.207 e. The van der Waals surface area contributed by atoms with Crippen LogP contribution in [0.3, 0.4) is 0 Å². The second-order valence-electron chi connectivity index (χ2n) is 9.16. The van der Waals surface area contributed by atoms with Crippen molar-refractivity contribution >= 4 is 116 Å². The zero-order valence-electron chi connectivity index (χ0n) is 20.9. The number of hydrogen-bond acceptors (Lipinski definition) is 10. The van der Waals surface area contributed by atoms with Crippen LogP contribution in [-0.4, -0.2) is 90.2 Å². The summed E-state index contributed by atoms with van der Waals surface area (Å²) in [6.45, 7) is 1.21.